The molecule has 0 aliphatic heterocycles. The average molecular weight is 287 g/mol. The fraction of sp³-hybridized carbons (Fsp3) is 0.0625. The van der Waals surface area contributed by atoms with Crippen molar-refractivity contribution < 1.29 is 4.39 Å². The van der Waals surface area contributed by atoms with Gasteiger partial charge in [-0.15, -0.1) is 0 Å². The van der Waals surface area contributed by atoms with Crippen LogP contribution < -0.4 is 5.32 Å². The molecule has 3 aromatic rings. The zero-order valence-electron chi connectivity index (χ0n) is 10.6. The summed E-state index contributed by atoms with van der Waals surface area (Å²) >= 11 is 5.67. The number of hydrogen-bond acceptors (Lipinski definition) is 2. The molecule has 0 amide bonds. The SMILES string of the molecule is Fc1cc(CNc2cccc3ncccc23)ccc1Cl. The summed E-state index contributed by atoms with van der Waals surface area (Å²) in [6, 6.07) is 14.6. The number of nitrogens with zero attached hydrogens (tertiary/aromatic N) is 1. The third-order valence-electron chi connectivity index (χ3n) is 3.11. The van der Waals surface area contributed by atoms with Crippen LogP contribution in [0.2, 0.25) is 5.02 Å². The number of fused-ring (bicyclic) bond motifs is 1. The second-order valence-electron chi connectivity index (χ2n) is 4.48. The van der Waals surface area contributed by atoms with E-state index in [1.165, 1.54) is 6.07 Å². The summed E-state index contributed by atoms with van der Waals surface area (Å²) in [5.41, 5.74) is 2.75. The minimum atomic E-state index is -0.398. The van der Waals surface area contributed by atoms with Gasteiger partial charge in [-0.1, -0.05) is 23.7 Å². The van der Waals surface area contributed by atoms with Crippen LogP contribution in [0.1, 0.15) is 5.56 Å². The molecule has 0 unspecified atom stereocenters. The van der Waals surface area contributed by atoms with Crippen LogP contribution in [0.25, 0.3) is 10.9 Å². The van der Waals surface area contributed by atoms with Gasteiger partial charge in [0, 0.05) is 23.8 Å². The smallest absolute Gasteiger partial charge is 0.142 e. The van der Waals surface area contributed by atoms with Gasteiger partial charge in [0.1, 0.15) is 5.82 Å². The van der Waals surface area contributed by atoms with Gasteiger partial charge in [-0.25, -0.2) is 4.39 Å². The van der Waals surface area contributed by atoms with Crippen LogP contribution in [-0.4, -0.2) is 4.98 Å². The van der Waals surface area contributed by atoms with E-state index in [4.69, 9.17) is 11.6 Å². The van der Waals surface area contributed by atoms with Crippen LogP contribution in [0, 0.1) is 5.82 Å². The lowest BCUT2D eigenvalue weighted by Gasteiger charge is -2.09. The lowest BCUT2D eigenvalue weighted by molar-refractivity contribution is 0.626. The van der Waals surface area contributed by atoms with Crippen molar-refractivity contribution >= 4 is 28.2 Å². The number of benzene rings is 2. The molecule has 1 heterocycles. The summed E-state index contributed by atoms with van der Waals surface area (Å²) in [6.45, 7) is 0.530. The molecule has 0 aliphatic rings. The Morgan fingerprint density at radius 2 is 2.00 bits per heavy atom. The van der Waals surface area contributed by atoms with Gasteiger partial charge in [0.05, 0.1) is 10.5 Å². The summed E-state index contributed by atoms with van der Waals surface area (Å²) in [5.74, 6) is -0.398. The second kappa shape index (κ2) is 5.47. The lowest BCUT2D eigenvalue weighted by atomic mass is 10.1. The number of aromatic nitrogens is 1. The van der Waals surface area contributed by atoms with Crippen molar-refractivity contribution in [2.45, 2.75) is 6.54 Å². The Bertz CT molecular complexity index is 753. The molecule has 0 saturated carbocycles. The zero-order chi connectivity index (χ0) is 13.9. The van der Waals surface area contributed by atoms with Gasteiger partial charge in [0.2, 0.25) is 0 Å². The monoisotopic (exact) mass is 286 g/mol. The number of hydrogen-bond donors (Lipinski definition) is 1. The van der Waals surface area contributed by atoms with E-state index in [-0.39, 0.29) is 5.02 Å². The van der Waals surface area contributed by atoms with Crippen LogP contribution in [0.4, 0.5) is 10.1 Å². The van der Waals surface area contributed by atoms with Crippen LogP contribution >= 0.6 is 11.6 Å². The molecule has 0 atom stereocenters. The van der Waals surface area contributed by atoms with Crippen molar-refractivity contribution in [2.24, 2.45) is 0 Å². The van der Waals surface area contributed by atoms with Gasteiger partial charge in [-0.05, 0) is 42.0 Å². The maximum Gasteiger partial charge on any atom is 0.142 e. The van der Waals surface area contributed by atoms with Crippen molar-refractivity contribution in [1.82, 2.24) is 4.98 Å². The van der Waals surface area contributed by atoms with Crippen molar-refractivity contribution in [2.75, 3.05) is 5.32 Å². The molecule has 0 radical (unpaired) electrons. The maximum absolute atomic E-state index is 13.4. The number of nitrogens with one attached hydrogen (secondary N) is 1. The molecule has 0 fully saturated rings. The standard InChI is InChI=1S/C16H12ClFN2/c17-13-7-6-11(9-14(13)18)10-20-16-5-1-4-15-12(16)3-2-8-19-15/h1-9,20H,10H2. The molecule has 1 aromatic heterocycles. The molecule has 1 N–H and O–H groups in total. The first kappa shape index (κ1) is 12.9. The van der Waals surface area contributed by atoms with E-state index in [9.17, 15) is 4.39 Å². The van der Waals surface area contributed by atoms with Gasteiger partial charge >= 0.3 is 0 Å². The molecule has 2 aromatic carbocycles. The van der Waals surface area contributed by atoms with Gasteiger partial charge in [-0.2, -0.15) is 0 Å². The van der Waals surface area contributed by atoms with Crippen LogP contribution in [0.15, 0.2) is 54.7 Å². The predicted octanol–water partition coefficient (Wildman–Crippen LogP) is 4.64. The molecule has 0 spiro atoms. The third kappa shape index (κ3) is 2.58. The van der Waals surface area contributed by atoms with E-state index in [1.807, 2.05) is 36.4 Å². The minimum Gasteiger partial charge on any atom is -0.380 e. The number of anilines is 1. The van der Waals surface area contributed by atoms with Crippen LogP contribution in [0.5, 0.6) is 0 Å². The Morgan fingerprint density at radius 1 is 1.10 bits per heavy atom. The molecule has 20 heavy (non-hydrogen) atoms. The molecule has 4 heteroatoms. The first-order valence-electron chi connectivity index (χ1n) is 6.25. The van der Waals surface area contributed by atoms with E-state index >= 15 is 0 Å². The predicted molar refractivity (Wildman–Crippen MR) is 80.5 cm³/mol. The average Bonchev–Trinajstić information content (AvgIpc) is 2.48. The van der Waals surface area contributed by atoms with E-state index in [0.29, 0.717) is 6.54 Å². The fourth-order valence-corrected chi connectivity index (χ4v) is 2.22. The number of halogens is 2. The van der Waals surface area contributed by atoms with Gasteiger partial charge in [0.25, 0.3) is 0 Å². The van der Waals surface area contributed by atoms with E-state index in [1.54, 1.807) is 12.3 Å². The fourth-order valence-electron chi connectivity index (χ4n) is 2.10. The first-order valence-corrected chi connectivity index (χ1v) is 6.63. The minimum absolute atomic E-state index is 0.142. The highest BCUT2D eigenvalue weighted by molar-refractivity contribution is 6.30. The van der Waals surface area contributed by atoms with Gasteiger partial charge < -0.3 is 5.32 Å². The third-order valence-corrected chi connectivity index (χ3v) is 3.42. The Hall–Kier alpha value is -2.13. The quantitative estimate of drug-likeness (QED) is 0.759. The van der Waals surface area contributed by atoms with Crippen molar-refractivity contribution in [1.29, 1.82) is 0 Å². The maximum atomic E-state index is 13.4. The molecule has 0 saturated heterocycles. The Labute approximate surface area is 121 Å². The van der Waals surface area contributed by atoms with E-state index in [0.717, 1.165) is 22.2 Å². The second-order valence-corrected chi connectivity index (χ2v) is 4.88. The molecule has 2 nitrogen and oxygen atoms in total. The number of rotatable bonds is 3. The highest BCUT2D eigenvalue weighted by Crippen LogP contribution is 2.22. The molecule has 0 bridgehead atoms. The molecular formula is C16H12ClFN2. The van der Waals surface area contributed by atoms with Crippen LogP contribution in [0.3, 0.4) is 0 Å². The van der Waals surface area contributed by atoms with Crippen molar-refractivity contribution in [3.63, 3.8) is 0 Å². The molecular weight excluding hydrogens is 275 g/mol. The summed E-state index contributed by atoms with van der Waals surface area (Å²) in [4.78, 5) is 4.31. The molecule has 100 valence electrons. The Morgan fingerprint density at radius 3 is 2.85 bits per heavy atom. The largest absolute Gasteiger partial charge is 0.380 e. The van der Waals surface area contributed by atoms with Crippen molar-refractivity contribution in [3.05, 3.63) is 71.1 Å². The molecule has 0 aliphatic carbocycles. The van der Waals surface area contributed by atoms with Crippen molar-refractivity contribution in [3.8, 4) is 0 Å². The van der Waals surface area contributed by atoms with E-state index in [2.05, 4.69) is 10.3 Å². The first-order chi connectivity index (χ1) is 9.74. The summed E-state index contributed by atoms with van der Waals surface area (Å²) < 4.78 is 13.4. The molecule has 3 rings (SSSR count). The number of pyridine rings is 1. The highest BCUT2D eigenvalue weighted by Gasteiger charge is 2.03. The summed E-state index contributed by atoms with van der Waals surface area (Å²) in [7, 11) is 0. The summed E-state index contributed by atoms with van der Waals surface area (Å²) in [6.07, 6.45) is 1.76. The highest BCUT2D eigenvalue weighted by atomic mass is 35.5. The van der Waals surface area contributed by atoms with Gasteiger partial charge in [0.15, 0.2) is 0 Å². The van der Waals surface area contributed by atoms with E-state index < -0.39 is 5.82 Å². The van der Waals surface area contributed by atoms with Crippen LogP contribution in [-0.2, 0) is 6.54 Å². The zero-order valence-corrected chi connectivity index (χ0v) is 11.4. The normalized spacial score (nSPS) is 10.7. The van der Waals surface area contributed by atoms with Gasteiger partial charge in [-0.3, -0.25) is 4.98 Å². The summed E-state index contributed by atoms with van der Waals surface area (Å²) in [5, 5.41) is 4.49. The Balaban J connectivity index is 1.85. The lowest BCUT2D eigenvalue weighted by Crippen LogP contribution is -2.00. The topological polar surface area (TPSA) is 24.9 Å². The Kier molecular flexibility index (Phi) is 3.52.